The highest BCUT2D eigenvalue weighted by molar-refractivity contribution is 7.85. The molecule has 184 valence electrons. The Labute approximate surface area is 225 Å². The Kier molecular flexibility index (Phi) is 4.79. The molecule has 0 fully saturated rings. The van der Waals surface area contributed by atoms with E-state index in [1.807, 2.05) is 72.8 Å². The monoisotopic (exact) mass is 518 g/mol. The molecule has 0 radical (unpaired) electrons. The number of imidazole rings is 1. The molecule has 0 aliphatic carbocycles. The summed E-state index contributed by atoms with van der Waals surface area (Å²) in [5, 5.41) is 8.31. The van der Waals surface area contributed by atoms with Gasteiger partial charge in [0, 0.05) is 26.7 Å². The van der Waals surface area contributed by atoms with Crippen LogP contribution in [0.5, 0.6) is 0 Å². The third-order valence-corrected chi connectivity index (χ3v) is 10.9. The van der Waals surface area contributed by atoms with Crippen LogP contribution in [0.15, 0.2) is 140 Å². The number of nitrogens with zero attached hydrogens (tertiary/aromatic N) is 2. The Balaban J connectivity index is 1.51. The van der Waals surface area contributed by atoms with E-state index in [4.69, 9.17) is 4.98 Å². The number of hydrogen-bond acceptors (Lipinski definition) is 2. The molecule has 0 saturated heterocycles. The highest BCUT2D eigenvalue weighted by atomic mass is 31.2. The van der Waals surface area contributed by atoms with Gasteiger partial charge >= 0.3 is 0 Å². The number of pyridine rings is 1. The largest absolute Gasteiger partial charge is 0.309 e. The Morgan fingerprint density at radius 2 is 1.15 bits per heavy atom. The van der Waals surface area contributed by atoms with Crippen molar-refractivity contribution in [1.29, 1.82) is 0 Å². The van der Waals surface area contributed by atoms with Crippen molar-refractivity contribution in [1.82, 2.24) is 9.38 Å². The second kappa shape index (κ2) is 8.39. The molecule has 4 heteroatoms. The quantitative estimate of drug-likeness (QED) is 0.178. The molecule has 3 nitrogen and oxygen atoms in total. The molecule has 0 saturated carbocycles. The minimum absolute atomic E-state index is 0.786. The van der Waals surface area contributed by atoms with Crippen LogP contribution < -0.4 is 15.9 Å². The lowest BCUT2D eigenvalue weighted by Gasteiger charge is -2.20. The Morgan fingerprint density at radius 3 is 1.90 bits per heavy atom. The molecule has 39 heavy (non-hydrogen) atoms. The van der Waals surface area contributed by atoms with Crippen molar-refractivity contribution in [3.05, 3.63) is 140 Å². The fraction of sp³-hybridized carbons (Fsp3) is 0. The van der Waals surface area contributed by atoms with Crippen LogP contribution >= 0.6 is 7.14 Å². The molecule has 0 aliphatic rings. The molecule has 0 bridgehead atoms. The Bertz CT molecular complexity index is 2210. The molecule has 8 rings (SSSR count). The van der Waals surface area contributed by atoms with Crippen molar-refractivity contribution in [2.24, 2.45) is 0 Å². The zero-order chi connectivity index (χ0) is 26.0. The summed E-state index contributed by atoms with van der Waals surface area (Å²) in [6, 6.07) is 47.2. The lowest BCUT2D eigenvalue weighted by atomic mass is 10.00. The van der Waals surface area contributed by atoms with Crippen molar-refractivity contribution in [2.75, 3.05) is 0 Å². The summed E-state index contributed by atoms with van der Waals surface area (Å²) in [4.78, 5) is 5.25. The summed E-state index contributed by atoms with van der Waals surface area (Å²) in [5.41, 5.74) is 3.87. The normalized spacial score (nSPS) is 12.2. The predicted molar refractivity (Wildman–Crippen MR) is 165 cm³/mol. The van der Waals surface area contributed by atoms with Crippen molar-refractivity contribution >= 4 is 72.2 Å². The fourth-order valence-corrected chi connectivity index (χ4v) is 8.70. The van der Waals surface area contributed by atoms with E-state index in [1.54, 1.807) is 0 Å². The first kappa shape index (κ1) is 22.3. The van der Waals surface area contributed by atoms with Gasteiger partial charge in [-0.3, -0.25) is 4.40 Å². The summed E-state index contributed by atoms with van der Waals surface area (Å²) >= 11 is 0. The van der Waals surface area contributed by atoms with Gasteiger partial charge < -0.3 is 4.57 Å². The molecule has 0 unspecified atom stereocenters. The van der Waals surface area contributed by atoms with Gasteiger partial charge in [0.15, 0.2) is 7.14 Å². The van der Waals surface area contributed by atoms with Gasteiger partial charge in [-0.2, -0.15) is 0 Å². The number of hydrogen-bond donors (Lipinski definition) is 0. The van der Waals surface area contributed by atoms with Crippen LogP contribution in [0.3, 0.4) is 0 Å². The van der Waals surface area contributed by atoms with E-state index in [9.17, 15) is 0 Å². The number of benzene rings is 6. The standard InChI is InChI=1S/C35H23N2OP/c38-39(25-12-3-1-4-13-25,26-14-5-2-6-15-26)27-20-22-33-31(23-27)36-35-34-28-16-8-7-11-24(28)19-21-30(34)29-17-9-10-18-32(29)37(33)35/h1-23H. The van der Waals surface area contributed by atoms with Crippen molar-refractivity contribution in [2.45, 2.75) is 0 Å². The van der Waals surface area contributed by atoms with Gasteiger partial charge in [-0.25, -0.2) is 4.98 Å². The first-order valence-corrected chi connectivity index (χ1v) is 14.8. The molecule has 0 atom stereocenters. The molecule has 0 aliphatic heterocycles. The predicted octanol–water partition coefficient (Wildman–Crippen LogP) is 7.59. The average Bonchev–Trinajstić information content (AvgIpc) is 3.40. The van der Waals surface area contributed by atoms with E-state index in [2.05, 4.69) is 71.1 Å². The van der Waals surface area contributed by atoms with Crippen LogP contribution in [-0.4, -0.2) is 9.38 Å². The molecule has 2 heterocycles. The van der Waals surface area contributed by atoms with E-state index in [-0.39, 0.29) is 0 Å². The third kappa shape index (κ3) is 3.17. The molecule has 6 aromatic carbocycles. The van der Waals surface area contributed by atoms with Crippen molar-refractivity contribution < 1.29 is 4.57 Å². The molecule has 0 spiro atoms. The summed E-state index contributed by atoms with van der Waals surface area (Å²) in [5.74, 6) is 0. The Morgan fingerprint density at radius 1 is 0.513 bits per heavy atom. The third-order valence-electron chi connectivity index (χ3n) is 7.83. The topological polar surface area (TPSA) is 34.4 Å². The summed E-state index contributed by atoms with van der Waals surface area (Å²) in [6.07, 6.45) is 0. The highest BCUT2D eigenvalue weighted by Crippen LogP contribution is 2.43. The minimum atomic E-state index is -3.11. The van der Waals surface area contributed by atoms with E-state index >= 15 is 4.57 Å². The lowest BCUT2D eigenvalue weighted by molar-refractivity contribution is 0.592. The molecule has 8 aromatic rings. The van der Waals surface area contributed by atoms with Gasteiger partial charge in [-0.05, 0) is 40.4 Å². The number of para-hydroxylation sites is 1. The first-order chi connectivity index (χ1) is 19.2. The van der Waals surface area contributed by atoms with Crippen LogP contribution in [0, 0.1) is 0 Å². The van der Waals surface area contributed by atoms with Gasteiger partial charge in [0.1, 0.15) is 5.65 Å². The van der Waals surface area contributed by atoms with Gasteiger partial charge in [-0.15, -0.1) is 0 Å². The maximum Gasteiger partial charge on any atom is 0.171 e. The summed E-state index contributed by atoms with van der Waals surface area (Å²) in [7, 11) is -3.11. The SMILES string of the molecule is O=P(c1ccccc1)(c1ccccc1)c1ccc2c(c1)nc1c3c4ccccc4ccc3c3ccccc3n21. The number of aromatic nitrogens is 2. The molecule has 2 aromatic heterocycles. The van der Waals surface area contributed by atoms with E-state index in [0.29, 0.717) is 0 Å². The van der Waals surface area contributed by atoms with E-state index in [0.717, 1.165) is 43.5 Å². The zero-order valence-corrected chi connectivity index (χ0v) is 21.9. The average molecular weight is 519 g/mol. The van der Waals surface area contributed by atoms with Crippen molar-refractivity contribution in [3.8, 4) is 0 Å². The number of fused-ring (bicyclic) bond motifs is 10. The van der Waals surface area contributed by atoms with E-state index < -0.39 is 7.14 Å². The summed E-state index contributed by atoms with van der Waals surface area (Å²) < 4.78 is 17.3. The molecular weight excluding hydrogens is 495 g/mol. The van der Waals surface area contributed by atoms with Gasteiger partial charge in [-0.1, -0.05) is 115 Å². The van der Waals surface area contributed by atoms with E-state index in [1.165, 1.54) is 21.5 Å². The molecule has 0 N–H and O–H groups in total. The van der Waals surface area contributed by atoms with Crippen LogP contribution in [0.25, 0.3) is 49.1 Å². The second-order valence-electron chi connectivity index (χ2n) is 9.95. The zero-order valence-electron chi connectivity index (χ0n) is 21.0. The maximum absolute atomic E-state index is 15.0. The molecular formula is C35H23N2OP. The van der Waals surface area contributed by atoms with Crippen LogP contribution in [0.1, 0.15) is 0 Å². The molecule has 0 amide bonds. The minimum Gasteiger partial charge on any atom is -0.309 e. The summed E-state index contributed by atoms with van der Waals surface area (Å²) in [6.45, 7) is 0. The first-order valence-electron chi connectivity index (χ1n) is 13.1. The van der Waals surface area contributed by atoms with Crippen molar-refractivity contribution in [3.63, 3.8) is 0 Å². The van der Waals surface area contributed by atoms with Gasteiger partial charge in [0.05, 0.1) is 16.6 Å². The smallest absolute Gasteiger partial charge is 0.171 e. The number of rotatable bonds is 3. The Hall–Kier alpha value is -4.72. The van der Waals surface area contributed by atoms with Crippen LogP contribution in [-0.2, 0) is 4.57 Å². The lowest BCUT2D eigenvalue weighted by Crippen LogP contribution is -2.24. The second-order valence-corrected chi connectivity index (χ2v) is 12.7. The fourth-order valence-electron chi connectivity index (χ4n) is 6.03. The van der Waals surface area contributed by atoms with Crippen LogP contribution in [0.4, 0.5) is 0 Å². The highest BCUT2D eigenvalue weighted by Gasteiger charge is 2.30. The maximum atomic E-state index is 15.0. The van der Waals surface area contributed by atoms with Gasteiger partial charge in [0.25, 0.3) is 0 Å². The van der Waals surface area contributed by atoms with Gasteiger partial charge in [0.2, 0.25) is 0 Å². The van der Waals surface area contributed by atoms with Crippen LogP contribution in [0.2, 0.25) is 0 Å².